The largest absolute Gasteiger partial charge is 0.390 e. The first kappa shape index (κ1) is 23.7. The van der Waals surface area contributed by atoms with Crippen molar-refractivity contribution in [2.24, 2.45) is 0 Å². The van der Waals surface area contributed by atoms with Crippen LogP contribution in [0.4, 0.5) is 0 Å². The summed E-state index contributed by atoms with van der Waals surface area (Å²) in [6.45, 7) is 3.18. The van der Waals surface area contributed by atoms with Gasteiger partial charge in [-0.1, -0.05) is 54.6 Å². The monoisotopic (exact) mass is 470 g/mol. The molecule has 2 amide bonds. The van der Waals surface area contributed by atoms with Crippen LogP contribution in [-0.4, -0.2) is 58.5 Å². The van der Waals surface area contributed by atoms with E-state index in [9.17, 15) is 14.7 Å². The maximum atomic E-state index is 13.0. The summed E-state index contributed by atoms with van der Waals surface area (Å²) in [6.07, 6.45) is 6.21. The van der Waals surface area contributed by atoms with Crippen molar-refractivity contribution in [3.8, 4) is 0 Å². The van der Waals surface area contributed by atoms with Crippen molar-refractivity contribution >= 4 is 22.6 Å². The zero-order valence-corrected chi connectivity index (χ0v) is 20.3. The van der Waals surface area contributed by atoms with Gasteiger partial charge >= 0.3 is 0 Å². The lowest BCUT2D eigenvalue weighted by Gasteiger charge is -2.38. The Morgan fingerprint density at radius 2 is 1.37 bits per heavy atom. The molecule has 2 aliphatic rings. The number of rotatable bonds is 9. The van der Waals surface area contributed by atoms with Crippen molar-refractivity contribution in [1.82, 2.24) is 9.80 Å². The maximum Gasteiger partial charge on any atom is 0.261 e. The molecule has 3 aromatic rings. The highest BCUT2D eigenvalue weighted by atomic mass is 16.3. The molecule has 1 fully saturated rings. The van der Waals surface area contributed by atoms with Gasteiger partial charge in [-0.05, 0) is 74.6 Å². The van der Waals surface area contributed by atoms with E-state index in [1.54, 1.807) is 0 Å². The number of unbranched alkanes of at least 4 members (excludes halogenated alkanes) is 1. The predicted octanol–water partition coefficient (Wildman–Crippen LogP) is 5.07. The minimum absolute atomic E-state index is 0.183. The topological polar surface area (TPSA) is 60.9 Å². The third-order valence-corrected chi connectivity index (χ3v) is 7.70. The highest BCUT2D eigenvalue weighted by Crippen LogP contribution is 2.30. The van der Waals surface area contributed by atoms with Crippen molar-refractivity contribution in [2.75, 3.05) is 26.2 Å². The molecule has 0 bridgehead atoms. The van der Waals surface area contributed by atoms with Crippen LogP contribution >= 0.6 is 0 Å². The number of aryl methyl sites for hydroxylation is 1. The van der Waals surface area contributed by atoms with Crippen LogP contribution in [0.1, 0.15) is 64.8 Å². The van der Waals surface area contributed by atoms with Crippen LogP contribution in [-0.2, 0) is 6.42 Å². The fourth-order valence-electron chi connectivity index (χ4n) is 5.60. The third-order valence-electron chi connectivity index (χ3n) is 7.70. The van der Waals surface area contributed by atoms with Crippen LogP contribution in [0.3, 0.4) is 0 Å². The van der Waals surface area contributed by atoms with Crippen molar-refractivity contribution in [3.05, 3.63) is 83.4 Å². The lowest BCUT2D eigenvalue weighted by atomic mass is 9.86. The minimum atomic E-state index is -0.549. The van der Waals surface area contributed by atoms with Gasteiger partial charge < -0.3 is 10.0 Å². The molecule has 1 N–H and O–H groups in total. The van der Waals surface area contributed by atoms with Crippen molar-refractivity contribution in [1.29, 1.82) is 0 Å². The molecule has 182 valence electrons. The molecule has 5 heteroatoms. The van der Waals surface area contributed by atoms with E-state index in [1.165, 1.54) is 10.5 Å². The van der Waals surface area contributed by atoms with E-state index in [0.717, 1.165) is 75.4 Å². The van der Waals surface area contributed by atoms with E-state index < -0.39 is 5.60 Å². The number of amides is 2. The third kappa shape index (κ3) is 5.16. The number of hydrogen-bond acceptors (Lipinski definition) is 4. The second-order valence-corrected chi connectivity index (χ2v) is 10.1. The average Bonchev–Trinajstić information content (AvgIpc) is 2.88. The smallest absolute Gasteiger partial charge is 0.261 e. The normalized spacial score (nSPS) is 17.8. The van der Waals surface area contributed by atoms with Gasteiger partial charge in [0, 0.05) is 36.1 Å². The molecule has 0 aliphatic carbocycles. The van der Waals surface area contributed by atoms with Crippen molar-refractivity contribution in [3.63, 3.8) is 0 Å². The van der Waals surface area contributed by atoms with Crippen LogP contribution in [0.5, 0.6) is 0 Å². The molecule has 0 spiro atoms. The number of likely N-dealkylation sites (tertiary alicyclic amines) is 1. The number of carbonyl (C=O) groups is 2. The van der Waals surface area contributed by atoms with E-state index in [-0.39, 0.29) is 11.8 Å². The average molecular weight is 471 g/mol. The Hall–Kier alpha value is -3.02. The number of imide groups is 1. The fraction of sp³-hybridized carbons (Fsp3) is 0.400. The second kappa shape index (κ2) is 10.3. The number of piperidine rings is 1. The van der Waals surface area contributed by atoms with Crippen LogP contribution in [0.2, 0.25) is 0 Å². The summed E-state index contributed by atoms with van der Waals surface area (Å²) in [7, 11) is 0. The summed E-state index contributed by atoms with van der Waals surface area (Å²) >= 11 is 0. The van der Waals surface area contributed by atoms with Gasteiger partial charge in [0.2, 0.25) is 0 Å². The van der Waals surface area contributed by atoms with Gasteiger partial charge in [0.25, 0.3) is 11.8 Å². The quantitative estimate of drug-likeness (QED) is 0.351. The molecule has 0 aromatic heterocycles. The van der Waals surface area contributed by atoms with Crippen LogP contribution < -0.4 is 0 Å². The highest BCUT2D eigenvalue weighted by Gasteiger charge is 2.33. The fourth-order valence-corrected chi connectivity index (χ4v) is 5.60. The van der Waals surface area contributed by atoms with E-state index in [4.69, 9.17) is 0 Å². The summed E-state index contributed by atoms with van der Waals surface area (Å²) in [4.78, 5) is 29.9. The molecule has 0 unspecified atom stereocenters. The molecule has 2 heterocycles. The molecule has 35 heavy (non-hydrogen) atoms. The Kier molecular flexibility index (Phi) is 6.98. The molecule has 5 nitrogen and oxygen atoms in total. The van der Waals surface area contributed by atoms with Gasteiger partial charge in [-0.3, -0.25) is 14.5 Å². The standard InChI is InChI=1S/C30H34N2O3/c33-28-25-14-6-12-24-13-7-15-26(27(24)25)29(34)32(28)20-5-4-19-31-21-17-30(35,18-22-31)16-8-11-23-9-2-1-3-10-23/h1-3,6-7,9-10,12-15,35H,4-5,8,11,16-22H2. The molecular formula is C30H34N2O3. The Morgan fingerprint density at radius 3 is 2.03 bits per heavy atom. The summed E-state index contributed by atoms with van der Waals surface area (Å²) in [5.41, 5.74) is 2.03. The Bertz CT molecular complexity index is 1150. The van der Waals surface area contributed by atoms with E-state index in [0.29, 0.717) is 17.7 Å². The number of benzene rings is 3. The lowest BCUT2D eigenvalue weighted by Crippen LogP contribution is -2.45. The molecule has 3 aromatic carbocycles. The highest BCUT2D eigenvalue weighted by molar-refractivity contribution is 6.25. The van der Waals surface area contributed by atoms with Crippen molar-refractivity contribution in [2.45, 2.75) is 50.5 Å². The van der Waals surface area contributed by atoms with Gasteiger partial charge in [0.1, 0.15) is 0 Å². The molecule has 0 saturated carbocycles. The number of carbonyl (C=O) groups excluding carboxylic acids is 2. The zero-order valence-electron chi connectivity index (χ0n) is 20.3. The van der Waals surface area contributed by atoms with E-state index in [1.807, 2.05) is 42.5 Å². The maximum absolute atomic E-state index is 13.0. The molecule has 0 atom stereocenters. The molecule has 5 rings (SSSR count). The summed E-state index contributed by atoms with van der Waals surface area (Å²) < 4.78 is 0. The van der Waals surface area contributed by atoms with Crippen LogP contribution in [0, 0.1) is 0 Å². The Balaban J connectivity index is 1.06. The predicted molar refractivity (Wildman–Crippen MR) is 139 cm³/mol. The SMILES string of the molecule is O=C1c2cccc3cccc(c23)C(=O)N1CCCCN1CCC(O)(CCCc2ccccc2)CC1. The molecule has 0 radical (unpaired) electrons. The summed E-state index contributed by atoms with van der Waals surface area (Å²) in [6, 6.07) is 21.8. The number of aliphatic hydroxyl groups is 1. The summed E-state index contributed by atoms with van der Waals surface area (Å²) in [5.74, 6) is -0.365. The van der Waals surface area contributed by atoms with E-state index in [2.05, 4.69) is 29.2 Å². The summed E-state index contributed by atoms with van der Waals surface area (Å²) in [5, 5.41) is 12.7. The molecular weight excluding hydrogens is 436 g/mol. The van der Waals surface area contributed by atoms with Crippen LogP contribution in [0.15, 0.2) is 66.7 Å². The molecule has 1 saturated heterocycles. The molecule has 2 aliphatic heterocycles. The van der Waals surface area contributed by atoms with Gasteiger partial charge in [-0.2, -0.15) is 0 Å². The number of nitrogens with zero attached hydrogens (tertiary/aromatic N) is 2. The van der Waals surface area contributed by atoms with E-state index >= 15 is 0 Å². The zero-order chi connectivity index (χ0) is 24.3. The van der Waals surface area contributed by atoms with Crippen LogP contribution in [0.25, 0.3) is 10.8 Å². The first-order chi connectivity index (χ1) is 17.0. The van der Waals surface area contributed by atoms with Gasteiger partial charge in [0.05, 0.1) is 5.60 Å². The Labute approximate surface area is 207 Å². The minimum Gasteiger partial charge on any atom is -0.390 e. The first-order valence-electron chi connectivity index (χ1n) is 12.9. The Morgan fingerprint density at radius 1 is 0.743 bits per heavy atom. The first-order valence-corrected chi connectivity index (χ1v) is 12.9. The second-order valence-electron chi connectivity index (χ2n) is 10.1. The van der Waals surface area contributed by atoms with Gasteiger partial charge in [-0.15, -0.1) is 0 Å². The van der Waals surface area contributed by atoms with Crippen molar-refractivity contribution < 1.29 is 14.7 Å². The van der Waals surface area contributed by atoms with Gasteiger partial charge in [-0.25, -0.2) is 0 Å². The lowest BCUT2D eigenvalue weighted by molar-refractivity contribution is -0.0290. The van der Waals surface area contributed by atoms with Gasteiger partial charge in [0.15, 0.2) is 0 Å². The number of hydrogen-bond donors (Lipinski definition) is 1.